The Kier molecular flexibility index (Phi) is 5.46. The van der Waals surface area contributed by atoms with Crippen LogP contribution in [0.25, 0.3) is 0 Å². The smallest absolute Gasteiger partial charge is 0.199 e. The van der Waals surface area contributed by atoms with Gasteiger partial charge >= 0.3 is 0 Å². The monoisotopic (exact) mass is 318 g/mol. The lowest BCUT2D eigenvalue weighted by molar-refractivity contribution is 0.248. The Bertz CT molecular complexity index is 614. The summed E-state index contributed by atoms with van der Waals surface area (Å²) in [6.07, 6.45) is 0.181. The molecule has 0 saturated heterocycles. The predicted octanol–water partition coefficient (Wildman–Crippen LogP) is 5.07. The van der Waals surface area contributed by atoms with Crippen molar-refractivity contribution >= 4 is 16.5 Å². The van der Waals surface area contributed by atoms with Crippen molar-refractivity contribution in [2.24, 2.45) is 0 Å². The highest BCUT2D eigenvalue weighted by atomic mass is 32.1. The van der Waals surface area contributed by atoms with Crippen LogP contribution in [0.3, 0.4) is 0 Å². The van der Waals surface area contributed by atoms with Gasteiger partial charge in [0.15, 0.2) is 10.2 Å². The number of hydrogen-bond acceptors (Lipinski definition) is 4. The fourth-order valence-electron chi connectivity index (χ4n) is 2.73. The van der Waals surface area contributed by atoms with Gasteiger partial charge in [-0.3, -0.25) is 0 Å². The van der Waals surface area contributed by atoms with E-state index in [1.165, 1.54) is 16.7 Å². The predicted molar refractivity (Wildman–Crippen MR) is 95.4 cm³/mol. The lowest BCUT2D eigenvalue weighted by Gasteiger charge is -2.17. The molecule has 1 aromatic carbocycles. The first-order chi connectivity index (χ1) is 10.4. The van der Waals surface area contributed by atoms with Crippen LogP contribution in [0.2, 0.25) is 0 Å². The summed E-state index contributed by atoms with van der Waals surface area (Å²) in [5.74, 6) is 0.444. The lowest BCUT2D eigenvalue weighted by atomic mass is 9.92. The molecule has 1 atom stereocenters. The fourth-order valence-corrected chi connectivity index (χ4v) is 3.68. The number of thiazole rings is 1. The van der Waals surface area contributed by atoms with E-state index in [9.17, 15) is 0 Å². The highest BCUT2D eigenvalue weighted by molar-refractivity contribution is 7.17. The van der Waals surface area contributed by atoms with Crippen molar-refractivity contribution in [2.45, 2.75) is 53.6 Å². The first-order valence-corrected chi connectivity index (χ1v) is 8.64. The maximum atomic E-state index is 5.77. The molecule has 2 aromatic rings. The molecule has 0 radical (unpaired) electrons. The minimum atomic E-state index is 0.181. The van der Waals surface area contributed by atoms with Crippen LogP contribution in [0, 0.1) is 20.8 Å². The molecule has 1 aromatic heterocycles. The maximum Gasteiger partial charge on any atom is 0.199 e. The number of hydrogen-bond donors (Lipinski definition) is 1. The number of rotatable bonds is 6. The van der Waals surface area contributed by atoms with Crippen molar-refractivity contribution in [3.05, 3.63) is 40.6 Å². The first kappa shape index (κ1) is 16.8. The molecule has 2 rings (SSSR count). The molecule has 0 aliphatic carbocycles. The second kappa shape index (κ2) is 7.14. The Morgan fingerprint density at radius 1 is 1.14 bits per heavy atom. The molecular formula is C18H26N2OS. The molecule has 22 heavy (non-hydrogen) atoms. The Balaban J connectivity index is 2.04. The molecule has 3 nitrogen and oxygen atoms in total. The lowest BCUT2D eigenvalue weighted by Crippen LogP contribution is -2.12. The van der Waals surface area contributed by atoms with Crippen LogP contribution in [-0.4, -0.2) is 17.6 Å². The highest BCUT2D eigenvalue weighted by Crippen LogP contribution is 2.32. The van der Waals surface area contributed by atoms with E-state index in [1.807, 2.05) is 20.8 Å². The average Bonchev–Trinajstić information content (AvgIpc) is 2.76. The van der Waals surface area contributed by atoms with Crippen molar-refractivity contribution in [3.8, 4) is 5.06 Å². The number of nitrogens with one attached hydrogen (secondary N) is 1. The summed E-state index contributed by atoms with van der Waals surface area (Å²) in [6.45, 7) is 13.6. The largest absolute Gasteiger partial charge is 0.480 e. The summed E-state index contributed by atoms with van der Waals surface area (Å²) in [4.78, 5) is 4.56. The molecule has 120 valence electrons. The quantitative estimate of drug-likeness (QED) is 0.807. The Morgan fingerprint density at radius 2 is 1.77 bits per heavy atom. The summed E-state index contributed by atoms with van der Waals surface area (Å²) < 4.78 is 5.77. The summed E-state index contributed by atoms with van der Waals surface area (Å²) >= 11 is 1.59. The van der Waals surface area contributed by atoms with Crippen molar-refractivity contribution in [1.29, 1.82) is 0 Å². The topological polar surface area (TPSA) is 34.2 Å². The van der Waals surface area contributed by atoms with E-state index in [-0.39, 0.29) is 6.10 Å². The first-order valence-electron chi connectivity index (χ1n) is 7.82. The third kappa shape index (κ3) is 4.01. The van der Waals surface area contributed by atoms with Gasteiger partial charge in [-0.05, 0) is 57.2 Å². The van der Waals surface area contributed by atoms with Gasteiger partial charge in [0.2, 0.25) is 0 Å². The second-order valence-corrected chi connectivity index (χ2v) is 7.11. The molecule has 0 bridgehead atoms. The van der Waals surface area contributed by atoms with Crippen molar-refractivity contribution < 1.29 is 4.74 Å². The van der Waals surface area contributed by atoms with E-state index in [0.29, 0.717) is 5.92 Å². The highest BCUT2D eigenvalue weighted by Gasteiger charge is 2.14. The van der Waals surface area contributed by atoms with Crippen LogP contribution >= 0.6 is 11.3 Å². The van der Waals surface area contributed by atoms with Gasteiger partial charge in [0, 0.05) is 6.54 Å². The van der Waals surface area contributed by atoms with Crippen molar-refractivity contribution in [1.82, 2.24) is 4.98 Å². The van der Waals surface area contributed by atoms with Crippen LogP contribution in [0.1, 0.15) is 49.1 Å². The van der Waals surface area contributed by atoms with Crippen LogP contribution < -0.4 is 10.1 Å². The van der Waals surface area contributed by atoms with Gasteiger partial charge in [0.05, 0.1) is 11.8 Å². The van der Waals surface area contributed by atoms with E-state index < -0.39 is 0 Å². The number of aromatic nitrogens is 1. The third-order valence-corrected chi connectivity index (χ3v) is 4.70. The fraction of sp³-hybridized carbons (Fsp3) is 0.500. The standard InChI is InChI=1S/C18H26N2OS/c1-11(2)21-17-15(6)20-18(22-17)19-10-14(5)16-12(3)8-7-9-13(16)4/h7-9,11,14H,10H2,1-6H3,(H,19,20). The van der Waals surface area contributed by atoms with Crippen LogP contribution in [-0.2, 0) is 0 Å². The van der Waals surface area contributed by atoms with Gasteiger partial charge in [0.25, 0.3) is 0 Å². The molecule has 0 amide bonds. The number of anilines is 1. The minimum absolute atomic E-state index is 0.181. The normalized spacial score (nSPS) is 12.5. The average molecular weight is 318 g/mol. The molecule has 1 heterocycles. The Labute approximate surface area is 137 Å². The number of aryl methyl sites for hydroxylation is 3. The number of ether oxygens (including phenoxy) is 1. The molecule has 0 fully saturated rings. The molecule has 0 aliphatic rings. The van der Waals surface area contributed by atoms with Gasteiger partial charge < -0.3 is 10.1 Å². The summed E-state index contributed by atoms with van der Waals surface area (Å²) in [5.41, 5.74) is 5.10. The van der Waals surface area contributed by atoms with Gasteiger partial charge in [-0.2, -0.15) is 0 Å². The summed E-state index contributed by atoms with van der Waals surface area (Å²) in [7, 11) is 0. The molecule has 0 spiro atoms. The molecule has 1 N–H and O–H groups in total. The summed E-state index contributed by atoms with van der Waals surface area (Å²) in [6, 6.07) is 6.48. The van der Waals surface area contributed by atoms with Crippen molar-refractivity contribution in [3.63, 3.8) is 0 Å². The minimum Gasteiger partial charge on any atom is -0.480 e. The van der Waals surface area contributed by atoms with Crippen LogP contribution in [0.5, 0.6) is 5.06 Å². The molecular weight excluding hydrogens is 292 g/mol. The second-order valence-electron chi connectivity index (χ2n) is 6.15. The molecule has 0 saturated carbocycles. The Hall–Kier alpha value is -1.55. The van der Waals surface area contributed by atoms with Crippen LogP contribution in [0.4, 0.5) is 5.13 Å². The van der Waals surface area contributed by atoms with Gasteiger partial charge in [-0.1, -0.05) is 36.5 Å². The number of benzene rings is 1. The number of nitrogens with zero attached hydrogens (tertiary/aromatic N) is 1. The van der Waals surface area contributed by atoms with Gasteiger partial charge in [0.1, 0.15) is 0 Å². The third-order valence-electron chi connectivity index (χ3n) is 3.69. The Morgan fingerprint density at radius 3 is 2.36 bits per heavy atom. The zero-order valence-corrected chi connectivity index (χ0v) is 15.2. The molecule has 4 heteroatoms. The van der Waals surface area contributed by atoms with Gasteiger partial charge in [-0.25, -0.2) is 4.98 Å². The molecule has 0 aliphatic heterocycles. The zero-order valence-electron chi connectivity index (χ0n) is 14.4. The van der Waals surface area contributed by atoms with E-state index >= 15 is 0 Å². The molecule has 1 unspecified atom stereocenters. The van der Waals surface area contributed by atoms with E-state index in [1.54, 1.807) is 11.3 Å². The van der Waals surface area contributed by atoms with E-state index in [0.717, 1.165) is 22.4 Å². The maximum absolute atomic E-state index is 5.77. The SMILES string of the molecule is Cc1cccc(C)c1C(C)CNc1nc(C)c(OC(C)C)s1. The van der Waals surface area contributed by atoms with Gasteiger partial charge in [-0.15, -0.1) is 0 Å². The zero-order chi connectivity index (χ0) is 16.3. The summed E-state index contributed by atoms with van der Waals surface area (Å²) in [5, 5.41) is 5.31. The van der Waals surface area contributed by atoms with E-state index in [2.05, 4.69) is 49.3 Å². The van der Waals surface area contributed by atoms with E-state index in [4.69, 9.17) is 4.74 Å². The van der Waals surface area contributed by atoms with Crippen LogP contribution in [0.15, 0.2) is 18.2 Å². The van der Waals surface area contributed by atoms with Crippen molar-refractivity contribution in [2.75, 3.05) is 11.9 Å².